The van der Waals surface area contributed by atoms with Gasteiger partial charge in [-0.15, -0.1) is 0 Å². The minimum absolute atomic E-state index is 0.0103. The number of aliphatic imine (C=N–C) groups is 1. The van der Waals surface area contributed by atoms with E-state index in [-0.39, 0.29) is 11.3 Å². The monoisotopic (exact) mass is 437 g/mol. The van der Waals surface area contributed by atoms with Crippen LogP contribution in [-0.4, -0.2) is 49.9 Å². The molecule has 0 amide bonds. The van der Waals surface area contributed by atoms with Gasteiger partial charge in [0.2, 0.25) is 0 Å². The number of nitrogens with one attached hydrogen (secondary N) is 1. The van der Waals surface area contributed by atoms with Crippen LogP contribution in [0, 0.1) is 0 Å². The van der Waals surface area contributed by atoms with Crippen molar-refractivity contribution in [3.05, 3.63) is 74.5 Å². The van der Waals surface area contributed by atoms with Crippen LogP contribution in [0.4, 0.5) is 0 Å². The molecule has 1 unspecified atom stereocenters. The number of halogens is 1. The minimum Gasteiger partial charge on any atom is -0.496 e. The fourth-order valence-corrected chi connectivity index (χ4v) is 4.56. The van der Waals surface area contributed by atoms with Crippen LogP contribution in [0.15, 0.2) is 52.3 Å². The van der Waals surface area contributed by atoms with E-state index >= 15 is 0 Å². The molecule has 0 saturated heterocycles. The summed E-state index contributed by atoms with van der Waals surface area (Å²) >= 11 is 6.18. The molecule has 2 aromatic carbocycles. The van der Waals surface area contributed by atoms with Gasteiger partial charge in [-0.05, 0) is 75.6 Å². The second-order valence-corrected chi connectivity index (χ2v) is 8.77. The van der Waals surface area contributed by atoms with Crippen LogP contribution >= 0.6 is 11.6 Å². The lowest BCUT2D eigenvalue weighted by Crippen LogP contribution is -2.29. The number of aromatic amines is 1. The Morgan fingerprint density at radius 3 is 2.77 bits per heavy atom. The summed E-state index contributed by atoms with van der Waals surface area (Å²) in [7, 11) is 5.81. The van der Waals surface area contributed by atoms with Gasteiger partial charge in [-0.3, -0.25) is 9.79 Å². The smallest absolute Gasteiger partial charge is 0.198 e. The zero-order valence-electron chi connectivity index (χ0n) is 18.2. The standard InChI is InChI=1S/C25H28ClN3O2/c1-29(2)12-6-11-27-21-13-16(18-7-4-5-8-23(18)31-3)14-22-24(21)25(30)19-15-17(26)9-10-20(19)28-22/h4-5,7-10,15-16H,6,11-14H2,1-3H3,(H,28,30). The molecule has 0 spiro atoms. The number of hydrogen-bond donors (Lipinski definition) is 1. The SMILES string of the molecule is COc1ccccc1C1CC(=NCCCN(C)C)c2c([nH]c3ccc(Cl)cc3c2=O)C1. The predicted molar refractivity (Wildman–Crippen MR) is 128 cm³/mol. The van der Waals surface area contributed by atoms with E-state index in [0.717, 1.165) is 47.6 Å². The minimum atomic E-state index is 0.0103. The Morgan fingerprint density at radius 2 is 2.00 bits per heavy atom. The number of fused-ring (bicyclic) bond motifs is 2. The molecule has 1 N–H and O–H groups in total. The van der Waals surface area contributed by atoms with Crippen LogP contribution in [-0.2, 0) is 6.42 Å². The van der Waals surface area contributed by atoms with E-state index in [1.54, 1.807) is 13.2 Å². The van der Waals surface area contributed by atoms with Crippen molar-refractivity contribution < 1.29 is 4.74 Å². The zero-order chi connectivity index (χ0) is 22.0. The molecular formula is C25H28ClN3O2. The number of H-pyrrole nitrogens is 1. The quantitative estimate of drug-likeness (QED) is 0.570. The maximum Gasteiger partial charge on any atom is 0.198 e. The number of benzene rings is 2. The molecule has 0 fully saturated rings. The molecule has 1 aliphatic rings. The molecule has 3 aromatic rings. The van der Waals surface area contributed by atoms with Gasteiger partial charge < -0.3 is 14.6 Å². The molecule has 0 radical (unpaired) electrons. The lowest BCUT2D eigenvalue weighted by Gasteiger charge is -2.27. The molecule has 5 nitrogen and oxygen atoms in total. The van der Waals surface area contributed by atoms with Crippen LogP contribution in [0.2, 0.25) is 5.02 Å². The van der Waals surface area contributed by atoms with Crippen molar-refractivity contribution in [2.24, 2.45) is 4.99 Å². The first-order valence-corrected chi connectivity index (χ1v) is 11.0. The topological polar surface area (TPSA) is 57.7 Å². The Labute approximate surface area is 187 Å². The first-order chi connectivity index (χ1) is 15.0. The number of pyridine rings is 1. The highest BCUT2D eigenvalue weighted by Crippen LogP contribution is 2.36. The van der Waals surface area contributed by atoms with Gasteiger partial charge in [0, 0.05) is 33.9 Å². The Morgan fingerprint density at radius 1 is 1.19 bits per heavy atom. The van der Waals surface area contributed by atoms with Crippen molar-refractivity contribution in [1.82, 2.24) is 9.88 Å². The van der Waals surface area contributed by atoms with Crippen molar-refractivity contribution in [1.29, 1.82) is 0 Å². The van der Waals surface area contributed by atoms with Crippen LogP contribution in [0.3, 0.4) is 0 Å². The molecule has 4 rings (SSSR count). The third kappa shape index (κ3) is 4.53. The van der Waals surface area contributed by atoms with Crippen LogP contribution in [0.25, 0.3) is 10.9 Å². The molecule has 0 bridgehead atoms. The summed E-state index contributed by atoms with van der Waals surface area (Å²) in [6.07, 6.45) is 2.40. The van der Waals surface area contributed by atoms with E-state index < -0.39 is 0 Å². The Kier molecular flexibility index (Phi) is 6.44. The summed E-state index contributed by atoms with van der Waals surface area (Å²) in [5.74, 6) is 1.06. The summed E-state index contributed by atoms with van der Waals surface area (Å²) in [6.45, 7) is 1.65. The fraction of sp³-hybridized carbons (Fsp3) is 0.360. The third-order valence-corrected chi connectivity index (χ3v) is 6.10. The molecule has 31 heavy (non-hydrogen) atoms. The Bertz CT molecular complexity index is 1180. The Hall–Kier alpha value is -2.63. The van der Waals surface area contributed by atoms with Crippen molar-refractivity contribution in [2.45, 2.75) is 25.2 Å². The molecule has 1 heterocycles. The molecule has 1 aliphatic carbocycles. The number of methoxy groups -OCH3 is 1. The van der Waals surface area contributed by atoms with Gasteiger partial charge in [0.05, 0.1) is 12.7 Å². The average molecular weight is 438 g/mol. The number of para-hydroxylation sites is 1. The average Bonchev–Trinajstić information content (AvgIpc) is 2.76. The fourth-order valence-electron chi connectivity index (χ4n) is 4.39. The van der Waals surface area contributed by atoms with E-state index in [9.17, 15) is 4.79 Å². The molecule has 1 atom stereocenters. The van der Waals surface area contributed by atoms with Crippen molar-refractivity contribution in [3.63, 3.8) is 0 Å². The van der Waals surface area contributed by atoms with E-state index in [1.807, 2.05) is 30.3 Å². The van der Waals surface area contributed by atoms with Crippen molar-refractivity contribution in [3.8, 4) is 5.75 Å². The summed E-state index contributed by atoms with van der Waals surface area (Å²) in [5, 5.41) is 1.17. The molecule has 1 aromatic heterocycles. The van der Waals surface area contributed by atoms with Gasteiger partial charge >= 0.3 is 0 Å². The Balaban J connectivity index is 1.81. The van der Waals surface area contributed by atoms with E-state index in [1.165, 1.54) is 0 Å². The summed E-state index contributed by atoms with van der Waals surface area (Å²) in [4.78, 5) is 24.0. The molecule has 0 saturated carbocycles. The van der Waals surface area contributed by atoms with Gasteiger partial charge in [0.1, 0.15) is 5.75 Å². The second kappa shape index (κ2) is 9.25. The number of rotatable bonds is 6. The van der Waals surface area contributed by atoms with Crippen LogP contribution in [0.5, 0.6) is 5.75 Å². The largest absolute Gasteiger partial charge is 0.496 e. The normalized spacial score (nSPS) is 17.3. The van der Waals surface area contributed by atoms with Crippen molar-refractivity contribution >= 4 is 28.2 Å². The molecule has 162 valence electrons. The highest BCUT2D eigenvalue weighted by Gasteiger charge is 2.30. The first kappa shape index (κ1) is 21.6. The van der Waals surface area contributed by atoms with E-state index in [0.29, 0.717) is 28.9 Å². The van der Waals surface area contributed by atoms with Crippen LogP contribution < -0.4 is 10.2 Å². The molecular weight excluding hydrogens is 410 g/mol. The van der Waals surface area contributed by atoms with Gasteiger partial charge in [-0.2, -0.15) is 0 Å². The van der Waals surface area contributed by atoms with E-state index in [2.05, 4.69) is 30.0 Å². The zero-order valence-corrected chi connectivity index (χ0v) is 19.0. The first-order valence-electron chi connectivity index (χ1n) is 10.6. The van der Waals surface area contributed by atoms with Gasteiger partial charge in [0.15, 0.2) is 5.43 Å². The van der Waals surface area contributed by atoms with Crippen LogP contribution in [0.1, 0.15) is 35.6 Å². The lowest BCUT2D eigenvalue weighted by molar-refractivity contribution is 0.402. The van der Waals surface area contributed by atoms with E-state index in [4.69, 9.17) is 21.3 Å². The number of ether oxygens (including phenoxy) is 1. The maximum absolute atomic E-state index is 13.5. The molecule has 0 aliphatic heterocycles. The van der Waals surface area contributed by atoms with Crippen molar-refractivity contribution in [2.75, 3.05) is 34.3 Å². The summed E-state index contributed by atoms with van der Waals surface area (Å²) < 4.78 is 5.62. The third-order valence-electron chi connectivity index (χ3n) is 5.86. The molecule has 6 heteroatoms. The number of nitrogens with zero attached hydrogens (tertiary/aromatic N) is 2. The highest BCUT2D eigenvalue weighted by atomic mass is 35.5. The van der Waals surface area contributed by atoms with Gasteiger partial charge in [0.25, 0.3) is 0 Å². The second-order valence-electron chi connectivity index (χ2n) is 8.33. The van der Waals surface area contributed by atoms with Gasteiger partial charge in [-0.1, -0.05) is 29.8 Å². The maximum atomic E-state index is 13.5. The summed E-state index contributed by atoms with van der Waals surface area (Å²) in [6, 6.07) is 13.5. The highest BCUT2D eigenvalue weighted by molar-refractivity contribution is 6.31. The van der Waals surface area contributed by atoms with Gasteiger partial charge in [-0.25, -0.2) is 0 Å². The lowest BCUT2D eigenvalue weighted by atomic mass is 9.80. The number of hydrogen-bond acceptors (Lipinski definition) is 4. The summed E-state index contributed by atoms with van der Waals surface area (Å²) in [5.41, 5.74) is 4.49. The number of aromatic nitrogens is 1. The predicted octanol–water partition coefficient (Wildman–Crippen LogP) is 4.66.